The van der Waals surface area contributed by atoms with E-state index in [9.17, 15) is 14.9 Å². The number of hydrogen-bond donors (Lipinski definition) is 1. The van der Waals surface area contributed by atoms with Gasteiger partial charge >= 0.3 is 0 Å². The van der Waals surface area contributed by atoms with Gasteiger partial charge in [0.05, 0.1) is 15.1 Å². The van der Waals surface area contributed by atoms with E-state index in [-0.39, 0.29) is 12.3 Å². The molecule has 0 aliphatic heterocycles. The van der Waals surface area contributed by atoms with E-state index >= 15 is 0 Å². The molecule has 7 nitrogen and oxygen atoms in total. The van der Waals surface area contributed by atoms with E-state index in [1.807, 2.05) is 0 Å². The van der Waals surface area contributed by atoms with Crippen LogP contribution in [0.4, 0.5) is 5.69 Å². The number of amides is 1. The van der Waals surface area contributed by atoms with Crippen LogP contribution < -0.4 is 10.2 Å². The normalized spacial score (nSPS) is 11.1. The van der Waals surface area contributed by atoms with E-state index in [2.05, 4.69) is 42.4 Å². The number of carbonyl (C=O) groups excluding carboxylic acids is 1. The van der Waals surface area contributed by atoms with Crippen molar-refractivity contribution in [3.05, 3.63) is 67.1 Å². The van der Waals surface area contributed by atoms with Crippen LogP contribution in [-0.4, -0.2) is 23.1 Å². The zero-order valence-electron chi connectivity index (χ0n) is 13.0. The molecule has 0 atom stereocenters. The molecule has 2 rings (SSSR count). The van der Waals surface area contributed by atoms with Gasteiger partial charge in [-0.1, -0.05) is 28.1 Å². The van der Waals surface area contributed by atoms with Gasteiger partial charge in [0.25, 0.3) is 11.6 Å². The van der Waals surface area contributed by atoms with E-state index in [1.54, 1.807) is 37.3 Å². The van der Waals surface area contributed by atoms with Gasteiger partial charge in [-0.15, -0.1) is 0 Å². The third-order valence-electron chi connectivity index (χ3n) is 3.08. The number of nitro groups is 1. The molecule has 0 unspecified atom stereocenters. The summed E-state index contributed by atoms with van der Waals surface area (Å²) < 4.78 is 7.00. The second-order valence-corrected chi connectivity index (χ2v) is 6.67. The Kier molecular flexibility index (Phi) is 6.65. The SMILES string of the molecule is CC(=NNC(=O)COc1ccc(Br)cc1Br)c1cccc([N+](=O)[O-])c1. The molecule has 0 bridgehead atoms. The first kappa shape index (κ1) is 19.1. The van der Waals surface area contributed by atoms with Crippen LogP contribution >= 0.6 is 31.9 Å². The van der Waals surface area contributed by atoms with Crippen molar-refractivity contribution in [2.24, 2.45) is 5.10 Å². The molecule has 0 radical (unpaired) electrons. The van der Waals surface area contributed by atoms with Gasteiger partial charge in [0.2, 0.25) is 0 Å². The Labute approximate surface area is 160 Å². The number of nitro benzene ring substituents is 1. The first-order valence-corrected chi connectivity index (χ1v) is 8.61. The maximum absolute atomic E-state index is 11.8. The maximum atomic E-state index is 11.8. The van der Waals surface area contributed by atoms with Crippen LogP contribution in [-0.2, 0) is 4.79 Å². The lowest BCUT2D eigenvalue weighted by molar-refractivity contribution is -0.384. The van der Waals surface area contributed by atoms with Crippen molar-refractivity contribution in [1.29, 1.82) is 0 Å². The highest BCUT2D eigenvalue weighted by molar-refractivity contribution is 9.11. The van der Waals surface area contributed by atoms with E-state index in [1.165, 1.54) is 12.1 Å². The molecular formula is C16H13Br2N3O4. The van der Waals surface area contributed by atoms with Crippen LogP contribution in [0, 0.1) is 10.1 Å². The Morgan fingerprint density at radius 2 is 2.04 bits per heavy atom. The fourth-order valence-corrected chi connectivity index (χ4v) is 2.98. The van der Waals surface area contributed by atoms with Crippen LogP contribution in [0.3, 0.4) is 0 Å². The second kappa shape index (κ2) is 8.72. The minimum atomic E-state index is -0.487. The number of halogens is 2. The maximum Gasteiger partial charge on any atom is 0.277 e. The van der Waals surface area contributed by atoms with Crippen molar-refractivity contribution in [2.45, 2.75) is 6.92 Å². The topological polar surface area (TPSA) is 93.8 Å². The summed E-state index contributed by atoms with van der Waals surface area (Å²) in [5.41, 5.74) is 3.31. The summed E-state index contributed by atoms with van der Waals surface area (Å²) in [5, 5.41) is 14.7. The molecule has 0 spiro atoms. The Morgan fingerprint density at radius 3 is 2.72 bits per heavy atom. The van der Waals surface area contributed by atoms with Gasteiger partial charge in [0.1, 0.15) is 5.75 Å². The number of benzene rings is 2. The van der Waals surface area contributed by atoms with Crippen LogP contribution in [0.1, 0.15) is 12.5 Å². The number of non-ortho nitro benzene ring substituents is 1. The molecule has 1 N–H and O–H groups in total. The van der Waals surface area contributed by atoms with Crippen molar-refractivity contribution in [3.63, 3.8) is 0 Å². The molecule has 1 amide bonds. The Bertz CT molecular complexity index is 840. The standard InChI is InChI=1S/C16H13Br2N3O4/c1-10(11-3-2-4-13(7-11)21(23)24)19-20-16(22)9-25-15-6-5-12(17)8-14(15)18/h2-8H,9H2,1H3,(H,20,22). The molecular weight excluding hydrogens is 458 g/mol. The average Bonchev–Trinajstić information content (AvgIpc) is 2.59. The summed E-state index contributed by atoms with van der Waals surface area (Å²) in [6.07, 6.45) is 0. The van der Waals surface area contributed by atoms with Crippen molar-refractivity contribution in [1.82, 2.24) is 5.43 Å². The molecule has 2 aromatic carbocycles. The van der Waals surface area contributed by atoms with Gasteiger partial charge in [-0.05, 0) is 41.1 Å². The molecule has 0 aromatic heterocycles. The molecule has 0 aliphatic carbocycles. The Balaban J connectivity index is 1.95. The lowest BCUT2D eigenvalue weighted by Crippen LogP contribution is -2.25. The third-order valence-corrected chi connectivity index (χ3v) is 4.19. The molecule has 9 heteroatoms. The van der Waals surface area contributed by atoms with E-state index in [0.29, 0.717) is 21.5 Å². The molecule has 0 fully saturated rings. The van der Waals surface area contributed by atoms with Crippen molar-refractivity contribution in [2.75, 3.05) is 6.61 Å². The summed E-state index contributed by atoms with van der Waals surface area (Å²) in [4.78, 5) is 22.1. The first-order chi connectivity index (χ1) is 11.9. The molecule has 0 saturated heterocycles. The van der Waals surface area contributed by atoms with Gasteiger partial charge in [-0.2, -0.15) is 5.10 Å². The fourth-order valence-electron chi connectivity index (χ4n) is 1.82. The average molecular weight is 471 g/mol. The number of hydrazone groups is 1. The number of ether oxygens (including phenoxy) is 1. The van der Waals surface area contributed by atoms with E-state index < -0.39 is 10.8 Å². The van der Waals surface area contributed by atoms with Crippen molar-refractivity contribution >= 4 is 49.2 Å². The molecule has 0 saturated carbocycles. The first-order valence-electron chi connectivity index (χ1n) is 7.02. The summed E-state index contributed by atoms with van der Waals surface area (Å²) >= 11 is 6.67. The highest BCUT2D eigenvalue weighted by Crippen LogP contribution is 2.28. The fraction of sp³-hybridized carbons (Fsp3) is 0.125. The van der Waals surface area contributed by atoms with Gasteiger partial charge in [-0.3, -0.25) is 14.9 Å². The molecule has 25 heavy (non-hydrogen) atoms. The number of carbonyl (C=O) groups is 1. The van der Waals surface area contributed by atoms with Crippen molar-refractivity contribution < 1.29 is 14.5 Å². The summed E-state index contributed by atoms with van der Waals surface area (Å²) in [6.45, 7) is 1.43. The van der Waals surface area contributed by atoms with E-state index in [4.69, 9.17) is 4.74 Å². The number of hydrogen-bond acceptors (Lipinski definition) is 5. The number of rotatable bonds is 6. The van der Waals surface area contributed by atoms with Crippen LogP contribution in [0.15, 0.2) is 56.5 Å². The second-order valence-electron chi connectivity index (χ2n) is 4.90. The van der Waals surface area contributed by atoms with Crippen molar-refractivity contribution in [3.8, 4) is 5.75 Å². The number of nitrogens with one attached hydrogen (secondary N) is 1. The van der Waals surface area contributed by atoms with E-state index in [0.717, 1.165) is 4.47 Å². The molecule has 0 aliphatic rings. The Hall–Kier alpha value is -2.26. The lowest BCUT2D eigenvalue weighted by atomic mass is 10.1. The lowest BCUT2D eigenvalue weighted by Gasteiger charge is -2.08. The molecule has 130 valence electrons. The quantitative estimate of drug-likeness (QED) is 0.391. The minimum absolute atomic E-state index is 0.0400. The highest BCUT2D eigenvalue weighted by atomic mass is 79.9. The third kappa shape index (κ3) is 5.64. The van der Waals surface area contributed by atoms with Gasteiger partial charge in [0.15, 0.2) is 6.61 Å². The predicted octanol–water partition coefficient (Wildman–Crippen LogP) is 4.04. The monoisotopic (exact) mass is 469 g/mol. The molecule has 0 heterocycles. The molecule has 2 aromatic rings. The highest BCUT2D eigenvalue weighted by Gasteiger charge is 2.09. The summed E-state index contributed by atoms with van der Waals surface area (Å²) in [6, 6.07) is 11.3. The van der Waals surface area contributed by atoms with Crippen LogP contribution in [0.2, 0.25) is 0 Å². The number of nitrogens with zero attached hydrogens (tertiary/aromatic N) is 2. The minimum Gasteiger partial charge on any atom is -0.483 e. The van der Waals surface area contributed by atoms with Gasteiger partial charge in [0, 0.05) is 22.2 Å². The van der Waals surface area contributed by atoms with Crippen LogP contribution in [0.5, 0.6) is 5.75 Å². The smallest absolute Gasteiger partial charge is 0.277 e. The largest absolute Gasteiger partial charge is 0.483 e. The van der Waals surface area contributed by atoms with Crippen LogP contribution in [0.25, 0.3) is 0 Å². The van der Waals surface area contributed by atoms with Gasteiger partial charge in [-0.25, -0.2) is 5.43 Å². The van der Waals surface area contributed by atoms with Gasteiger partial charge < -0.3 is 4.74 Å². The zero-order chi connectivity index (χ0) is 18.4. The predicted molar refractivity (Wildman–Crippen MR) is 101 cm³/mol. The summed E-state index contributed by atoms with van der Waals surface area (Å²) in [7, 11) is 0. The summed E-state index contributed by atoms with van der Waals surface area (Å²) in [5.74, 6) is 0.0809. The zero-order valence-corrected chi connectivity index (χ0v) is 16.2. The Morgan fingerprint density at radius 1 is 1.28 bits per heavy atom.